The molecule has 0 amide bonds. The van der Waals surface area contributed by atoms with Crippen molar-refractivity contribution < 1.29 is 0 Å². The van der Waals surface area contributed by atoms with Crippen molar-refractivity contribution >= 4 is 0 Å². The fourth-order valence-electron chi connectivity index (χ4n) is 3.62. The zero-order valence-electron chi connectivity index (χ0n) is 12.5. The molecular formula is C16H32N2. The molecule has 0 spiro atoms. The Labute approximate surface area is 114 Å². The van der Waals surface area contributed by atoms with Gasteiger partial charge in [-0.3, -0.25) is 0 Å². The number of hydrogen-bond acceptors (Lipinski definition) is 2. The van der Waals surface area contributed by atoms with Gasteiger partial charge in [0.1, 0.15) is 0 Å². The molecule has 18 heavy (non-hydrogen) atoms. The van der Waals surface area contributed by atoms with E-state index in [9.17, 15) is 0 Å². The first kappa shape index (κ1) is 14.3. The molecule has 0 aromatic carbocycles. The van der Waals surface area contributed by atoms with E-state index in [-0.39, 0.29) is 0 Å². The molecule has 0 radical (unpaired) electrons. The second kappa shape index (κ2) is 7.49. The highest BCUT2D eigenvalue weighted by atomic mass is 15.2. The Morgan fingerprint density at radius 1 is 1.06 bits per heavy atom. The van der Waals surface area contributed by atoms with Crippen molar-refractivity contribution in [2.75, 3.05) is 26.2 Å². The summed E-state index contributed by atoms with van der Waals surface area (Å²) < 4.78 is 0. The molecule has 2 rings (SSSR count). The summed E-state index contributed by atoms with van der Waals surface area (Å²) in [6, 6.07) is 0.923. The van der Waals surface area contributed by atoms with E-state index in [4.69, 9.17) is 0 Å². The first-order chi connectivity index (χ1) is 8.75. The summed E-state index contributed by atoms with van der Waals surface area (Å²) in [7, 11) is 0. The predicted molar refractivity (Wildman–Crippen MR) is 78.9 cm³/mol. The minimum atomic E-state index is 0.781. The molecule has 1 N–H and O–H groups in total. The Kier molecular flexibility index (Phi) is 5.97. The molecule has 1 aliphatic heterocycles. The van der Waals surface area contributed by atoms with E-state index in [1.54, 1.807) is 0 Å². The van der Waals surface area contributed by atoms with Crippen LogP contribution in [0.25, 0.3) is 0 Å². The summed E-state index contributed by atoms with van der Waals surface area (Å²) >= 11 is 0. The average Bonchev–Trinajstić information content (AvgIpc) is 2.40. The van der Waals surface area contributed by atoms with Gasteiger partial charge in [-0.05, 0) is 57.2 Å². The van der Waals surface area contributed by atoms with E-state index >= 15 is 0 Å². The predicted octanol–water partition coefficient (Wildman–Crippen LogP) is 3.28. The first-order valence-corrected chi connectivity index (χ1v) is 8.20. The largest absolute Gasteiger partial charge is 0.316 e. The summed E-state index contributed by atoms with van der Waals surface area (Å²) in [6.45, 7) is 9.73. The van der Waals surface area contributed by atoms with E-state index in [0.717, 1.165) is 17.9 Å². The van der Waals surface area contributed by atoms with E-state index in [0.29, 0.717) is 0 Å². The summed E-state index contributed by atoms with van der Waals surface area (Å²) in [6.07, 6.45) is 10.2. The summed E-state index contributed by atoms with van der Waals surface area (Å²) in [5, 5.41) is 3.65. The van der Waals surface area contributed by atoms with E-state index < -0.39 is 0 Å². The molecule has 2 nitrogen and oxygen atoms in total. The monoisotopic (exact) mass is 252 g/mol. The lowest BCUT2D eigenvalue weighted by Gasteiger charge is -2.40. The van der Waals surface area contributed by atoms with Gasteiger partial charge in [-0.15, -0.1) is 0 Å². The summed E-state index contributed by atoms with van der Waals surface area (Å²) in [5.41, 5.74) is 0. The normalized spacial score (nSPS) is 27.8. The SMILES string of the molecule is CC(C)CNCC1CCCN(C2CCCCC2)C1. The van der Waals surface area contributed by atoms with Gasteiger partial charge in [0, 0.05) is 12.6 Å². The highest BCUT2D eigenvalue weighted by molar-refractivity contribution is 4.82. The van der Waals surface area contributed by atoms with Crippen LogP contribution in [0, 0.1) is 11.8 Å². The van der Waals surface area contributed by atoms with Crippen molar-refractivity contribution in [1.82, 2.24) is 10.2 Å². The van der Waals surface area contributed by atoms with Gasteiger partial charge < -0.3 is 10.2 Å². The number of hydrogen-bond donors (Lipinski definition) is 1. The molecule has 2 fully saturated rings. The molecule has 0 aromatic rings. The van der Waals surface area contributed by atoms with Gasteiger partial charge in [0.2, 0.25) is 0 Å². The standard InChI is InChI=1S/C16H32N2/c1-14(2)11-17-12-15-7-6-10-18(13-15)16-8-4-3-5-9-16/h14-17H,3-13H2,1-2H3. The van der Waals surface area contributed by atoms with Crippen LogP contribution in [-0.4, -0.2) is 37.1 Å². The lowest BCUT2D eigenvalue weighted by atomic mass is 9.90. The van der Waals surface area contributed by atoms with Crippen LogP contribution in [0.4, 0.5) is 0 Å². The average molecular weight is 252 g/mol. The van der Waals surface area contributed by atoms with Gasteiger partial charge >= 0.3 is 0 Å². The van der Waals surface area contributed by atoms with Gasteiger partial charge in [-0.2, -0.15) is 0 Å². The van der Waals surface area contributed by atoms with Crippen molar-refractivity contribution in [3.8, 4) is 0 Å². The third-order valence-corrected chi connectivity index (χ3v) is 4.63. The quantitative estimate of drug-likeness (QED) is 0.808. The smallest absolute Gasteiger partial charge is 0.00953 e. The van der Waals surface area contributed by atoms with Crippen LogP contribution >= 0.6 is 0 Å². The molecular weight excluding hydrogens is 220 g/mol. The van der Waals surface area contributed by atoms with E-state index in [1.807, 2.05) is 0 Å². The van der Waals surface area contributed by atoms with Gasteiger partial charge in [-0.1, -0.05) is 33.1 Å². The first-order valence-electron chi connectivity index (χ1n) is 8.20. The number of likely N-dealkylation sites (tertiary alicyclic amines) is 1. The highest BCUT2D eigenvalue weighted by Crippen LogP contribution is 2.26. The summed E-state index contributed by atoms with van der Waals surface area (Å²) in [4.78, 5) is 2.81. The van der Waals surface area contributed by atoms with Crippen molar-refractivity contribution in [2.45, 2.75) is 64.8 Å². The molecule has 0 bridgehead atoms. The van der Waals surface area contributed by atoms with Crippen LogP contribution in [-0.2, 0) is 0 Å². The van der Waals surface area contributed by atoms with Crippen LogP contribution in [0.2, 0.25) is 0 Å². The Hall–Kier alpha value is -0.0800. The topological polar surface area (TPSA) is 15.3 Å². The van der Waals surface area contributed by atoms with Crippen LogP contribution in [0.1, 0.15) is 58.8 Å². The Morgan fingerprint density at radius 3 is 2.56 bits per heavy atom. The van der Waals surface area contributed by atoms with Crippen molar-refractivity contribution in [3.05, 3.63) is 0 Å². The van der Waals surface area contributed by atoms with Crippen LogP contribution in [0.15, 0.2) is 0 Å². The van der Waals surface area contributed by atoms with Crippen molar-refractivity contribution in [2.24, 2.45) is 11.8 Å². The molecule has 1 aliphatic carbocycles. The fraction of sp³-hybridized carbons (Fsp3) is 1.00. The molecule has 1 unspecified atom stereocenters. The summed E-state index contributed by atoms with van der Waals surface area (Å²) in [5.74, 6) is 1.68. The molecule has 106 valence electrons. The van der Waals surface area contributed by atoms with E-state index in [1.165, 1.54) is 71.1 Å². The second-order valence-electron chi connectivity index (χ2n) is 6.85. The number of piperidine rings is 1. The Morgan fingerprint density at radius 2 is 1.83 bits per heavy atom. The van der Waals surface area contributed by atoms with Gasteiger partial charge in [0.05, 0.1) is 0 Å². The van der Waals surface area contributed by atoms with Crippen LogP contribution in [0.5, 0.6) is 0 Å². The maximum absolute atomic E-state index is 3.65. The van der Waals surface area contributed by atoms with E-state index in [2.05, 4.69) is 24.1 Å². The molecule has 1 atom stereocenters. The lowest BCUT2D eigenvalue weighted by Crippen LogP contribution is -2.46. The molecule has 1 heterocycles. The van der Waals surface area contributed by atoms with Gasteiger partial charge in [0.15, 0.2) is 0 Å². The van der Waals surface area contributed by atoms with Crippen molar-refractivity contribution in [3.63, 3.8) is 0 Å². The number of nitrogens with one attached hydrogen (secondary N) is 1. The van der Waals surface area contributed by atoms with Crippen molar-refractivity contribution in [1.29, 1.82) is 0 Å². The van der Waals surface area contributed by atoms with Crippen LogP contribution < -0.4 is 5.32 Å². The molecule has 1 saturated carbocycles. The lowest BCUT2D eigenvalue weighted by molar-refractivity contribution is 0.0978. The minimum absolute atomic E-state index is 0.781. The zero-order valence-corrected chi connectivity index (χ0v) is 12.5. The fourth-order valence-corrected chi connectivity index (χ4v) is 3.62. The zero-order chi connectivity index (χ0) is 12.8. The maximum Gasteiger partial charge on any atom is 0.00953 e. The van der Waals surface area contributed by atoms with Gasteiger partial charge in [-0.25, -0.2) is 0 Å². The second-order valence-corrected chi connectivity index (χ2v) is 6.85. The molecule has 0 aromatic heterocycles. The number of nitrogens with zero attached hydrogens (tertiary/aromatic N) is 1. The third-order valence-electron chi connectivity index (χ3n) is 4.63. The van der Waals surface area contributed by atoms with Gasteiger partial charge in [0.25, 0.3) is 0 Å². The Bertz CT molecular complexity index is 221. The molecule has 2 aliphatic rings. The molecule has 2 heteroatoms. The van der Waals surface area contributed by atoms with Crippen LogP contribution in [0.3, 0.4) is 0 Å². The molecule has 1 saturated heterocycles. The Balaban J connectivity index is 1.70. The third kappa shape index (κ3) is 4.55. The minimum Gasteiger partial charge on any atom is -0.316 e. The highest BCUT2D eigenvalue weighted by Gasteiger charge is 2.26. The maximum atomic E-state index is 3.65. The number of rotatable bonds is 5.